The summed E-state index contributed by atoms with van der Waals surface area (Å²) < 4.78 is 0. The van der Waals surface area contributed by atoms with E-state index < -0.39 is 0 Å². The lowest BCUT2D eigenvalue weighted by molar-refractivity contribution is 0.422. The minimum absolute atomic E-state index is 0.548. The van der Waals surface area contributed by atoms with Gasteiger partial charge in [-0.1, -0.05) is 37.6 Å². The van der Waals surface area contributed by atoms with E-state index >= 15 is 0 Å². The first-order valence-electron chi connectivity index (χ1n) is 5.35. The standard InChI is InChI=1S/C13H18Cl2/c1-9(2)12(8-14)7-11-4-5-13(15)10(3)6-11/h4-6,9,12H,7-8H2,1-3H3. The summed E-state index contributed by atoms with van der Waals surface area (Å²) in [6.45, 7) is 6.47. The summed E-state index contributed by atoms with van der Waals surface area (Å²) in [4.78, 5) is 0. The normalized spacial score (nSPS) is 13.2. The van der Waals surface area contributed by atoms with Crippen molar-refractivity contribution in [2.45, 2.75) is 27.2 Å². The minimum atomic E-state index is 0.548. The molecule has 2 heteroatoms. The maximum atomic E-state index is 5.99. The molecule has 0 saturated carbocycles. The van der Waals surface area contributed by atoms with Gasteiger partial charge in [-0.25, -0.2) is 0 Å². The Morgan fingerprint density at radius 1 is 1.27 bits per heavy atom. The highest BCUT2D eigenvalue weighted by molar-refractivity contribution is 6.31. The number of halogens is 2. The Balaban J connectivity index is 2.75. The van der Waals surface area contributed by atoms with Crippen LogP contribution < -0.4 is 0 Å². The summed E-state index contributed by atoms with van der Waals surface area (Å²) in [5.41, 5.74) is 2.47. The second-order valence-corrected chi connectivity index (χ2v) is 5.16. The van der Waals surface area contributed by atoms with Crippen molar-refractivity contribution >= 4 is 23.2 Å². The van der Waals surface area contributed by atoms with Gasteiger partial charge in [0.05, 0.1) is 0 Å². The molecule has 0 aliphatic carbocycles. The number of hydrogen-bond acceptors (Lipinski definition) is 0. The van der Waals surface area contributed by atoms with Crippen LogP contribution in [0.2, 0.25) is 5.02 Å². The first-order valence-corrected chi connectivity index (χ1v) is 6.26. The van der Waals surface area contributed by atoms with Crippen molar-refractivity contribution in [2.75, 3.05) is 5.88 Å². The fourth-order valence-electron chi connectivity index (χ4n) is 1.60. The fraction of sp³-hybridized carbons (Fsp3) is 0.538. The summed E-state index contributed by atoms with van der Waals surface area (Å²) in [7, 11) is 0. The Morgan fingerprint density at radius 2 is 1.93 bits per heavy atom. The molecule has 0 bridgehead atoms. The molecule has 1 rings (SSSR count). The molecule has 0 heterocycles. The van der Waals surface area contributed by atoms with Gasteiger partial charge in [0.15, 0.2) is 0 Å². The predicted octanol–water partition coefficient (Wildman–Crippen LogP) is 4.70. The fourth-order valence-corrected chi connectivity index (χ4v) is 2.19. The number of alkyl halides is 1. The van der Waals surface area contributed by atoms with Crippen LogP contribution in [0.4, 0.5) is 0 Å². The summed E-state index contributed by atoms with van der Waals surface area (Å²) in [5.74, 6) is 1.89. The number of benzene rings is 1. The number of hydrogen-bond donors (Lipinski definition) is 0. The highest BCUT2D eigenvalue weighted by Crippen LogP contribution is 2.22. The Labute approximate surface area is 103 Å². The molecular weight excluding hydrogens is 227 g/mol. The van der Waals surface area contributed by atoms with Crippen LogP contribution in [0.3, 0.4) is 0 Å². The molecule has 1 aromatic carbocycles. The average molecular weight is 245 g/mol. The summed E-state index contributed by atoms with van der Waals surface area (Å²) in [6, 6.07) is 6.22. The lowest BCUT2D eigenvalue weighted by Gasteiger charge is -2.18. The molecule has 84 valence electrons. The van der Waals surface area contributed by atoms with Gasteiger partial charge in [0.2, 0.25) is 0 Å². The van der Waals surface area contributed by atoms with Gasteiger partial charge < -0.3 is 0 Å². The van der Waals surface area contributed by atoms with E-state index in [9.17, 15) is 0 Å². The minimum Gasteiger partial charge on any atom is -0.126 e. The molecule has 1 atom stereocenters. The molecule has 0 aliphatic rings. The molecule has 0 aromatic heterocycles. The van der Waals surface area contributed by atoms with Gasteiger partial charge in [-0.2, -0.15) is 0 Å². The largest absolute Gasteiger partial charge is 0.126 e. The van der Waals surface area contributed by atoms with Crippen LogP contribution in [-0.2, 0) is 6.42 Å². The predicted molar refractivity (Wildman–Crippen MR) is 68.9 cm³/mol. The summed E-state index contributed by atoms with van der Waals surface area (Å²) in [5, 5.41) is 0.839. The second kappa shape index (κ2) is 5.77. The SMILES string of the molecule is Cc1cc(CC(CCl)C(C)C)ccc1Cl. The van der Waals surface area contributed by atoms with Crippen molar-refractivity contribution in [3.8, 4) is 0 Å². The van der Waals surface area contributed by atoms with Gasteiger partial charge in [-0.3, -0.25) is 0 Å². The molecule has 0 radical (unpaired) electrons. The molecular formula is C13H18Cl2. The van der Waals surface area contributed by atoms with Crippen LogP contribution in [0, 0.1) is 18.8 Å². The topological polar surface area (TPSA) is 0 Å². The van der Waals surface area contributed by atoms with Crippen molar-refractivity contribution in [3.63, 3.8) is 0 Å². The first kappa shape index (κ1) is 12.9. The Kier molecular flexibility index (Phi) is 4.95. The molecule has 0 amide bonds. The van der Waals surface area contributed by atoms with Gasteiger partial charge >= 0.3 is 0 Å². The highest BCUT2D eigenvalue weighted by Gasteiger charge is 2.13. The maximum absolute atomic E-state index is 5.99. The molecule has 15 heavy (non-hydrogen) atoms. The van der Waals surface area contributed by atoms with Crippen molar-refractivity contribution in [2.24, 2.45) is 11.8 Å². The average Bonchev–Trinajstić information content (AvgIpc) is 2.19. The lowest BCUT2D eigenvalue weighted by atomic mass is 9.90. The third-order valence-corrected chi connectivity index (χ3v) is 3.68. The van der Waals surface area contributed by atoms with Crippen molar-refractivity contribution in [1.82, 2.24) is 0 Å². The summed E-state index contributed by atoms with van der Waals surface area (Å²) in [6.07, 6.45) is 1.04. The van der Waals surface area contributed by atoms with Crippen LogP contribution in [0.25, 0.3) is 0 Å². The van der Waals surface area contributed by atoms with E-state index in [0.717, 1.165) is 22.9 Å². The highest BCUT2D eigenvalue weighted by atomic mass is 35.5. The quantitative estimate of drug-likeness (QED) is 0.674. The van der Waals surface area contributed by atoms with E-state index in [1.165, 1.54) is 5.56 Å². The first-order chi connectivity index (χ1) is 7.04. The van der Waals surface area contributed by atoms with Crippen molar-refractivity contribution in [3.05, 3.63) is 34.3 Å². The molecule has 1 unspecified atom stereocenters. The molecule has 0 saturated heterocycles. The van der Waals surface area contributed by atoms with Crippen LogP contribution in [-0.4, -0.2) is 5.88 Å². The molecule has 0 N–H and O–H groups in total. The van der Waals surface area contributed by atoms with Crippen LogP contribution in [0.5, 0.6) is 0 Å². The van der Waals surface area contributed by atoms with Crippen LogP contribution in [0.15, 0.2) is 18.2 Å². The zero-order valence-electron chi connectivity index (χ0n) is 9.56. The monoisotopic (exact) mass is 244 g/mol. The molecule has 1 aromatic rings. The Bertz CT molecular complexity index is 318. The lowest BCUT2D eigenvalue weighted by Crippen LogP contribution is -2.13. The molecule has 0 fully saturated rings. The third-order valence-electron chi connectivity index (χ3n) is 2.86. The Morgan fingerprint density at radius 3 is 2.40 bits per heavy atom. The third kappa shape index (κ3) is 3.70. The van der Waals surface area contributed by atoms with Gasteiger partial charge in [0.25, 0.3) is 0 Å². The molecule has 0 aliphatic heterocycles. The van der Waals surface area contributed by atoms with Crippen LogP contribution in [0.1, 0.15) is 25.0 Å². The van der Waals surface area contributed by atoms with Gasteiger partial charge in [-0.05, 0) is 42.4 Å². The van der Waals surface area contributed by atoms with Gasteiger partial charge in [0.1, 0.15) is 0 Å². The molecule has 0 nitrogen and oxygen atoms in total. The van der Waals surface area contributed by atoms with E-state index in [-0.39, 0.29) is 0 Å². The Hall–Kier alpha value is -0.200. The number of rotatable bonds is 4. The van der Waals surface area contributed by atoms with Gasteiger partial charge in [0, 0.05) is 10.9 Å². The zero-order valence-corrected chi connectivity index (χ0v) is 11.1. The number of aryl methyl sites for hydroxylation is 1. The smallest absolute Gasteiger partial charge is 0.0435 e. The maximum Gasteiger partial charge on any atom is 0.0435 e. The van der Waals surface area contributed by atoms with Crippen molar-refractivity contribution < 1.29 is 0 Å². The molecule has 0 spiro atoms. The van der Waals surface area contributed by atoms with E-state index in [4.69, 9.17) is 23.2 Å². The van der Waals surface area contributed by atoms with E-state index in [2.05, 4.69) is 26.0 Å². The van der Waals surface area contributed by atoms with E-state index in [0.29, 0.717) is 11.8 Å². The second-order valence-electron chi connectivity index (χ2n) is 4.45. The summed E-state index contributed by atoms with van der Waals surface area (Å²) >= 11 is 11.9. The van der Waals surface area contributed by atoms with E-state index in [1.54, 1.807) is 0 Å². The van der Waals surface area contributed by atoms with E-state index in [1.807, 2.05) is 13.0 Å². The van der Waals surface area contributed by atoms with Crippen LogP contribution >= 0.6 is 23.2 Å². The van der Waals surface area contributed by atoms with Crippen molar-refractivity contribution in [1.29, 1.82) is 0 Å². The van der Waals surface area contributed by atoms with Gasteiger partial charge in [-0.15, -0.1) is 11.6 Å². The zero-order chi connectivity index (χ0) is 11.4.